The van der Waals surface area contributed by atoms with Gasteiger partial charge in [-0.3, -0.25) is 9.35 Å². The molecule has 1 aromatic rings. The molecule has 0 saturated carbocycles. The van der Waals surface area contributed by atoms with Crippen molar-refractivity contribution in [2.75, 3.05) is 6.54 Å². The van der Waals surface area contributed by atoms with Crippen LogP contribution in [0.3, 0.4) is 0 Å². The molecule has 3 N–H and O–H groups in total. The normalized spacial score (nSPS) is 21.6. The first kappa shape index (κ1) is 25.5. The Labute approximate surface area is 173 Å². The molecular formula is C20H33NO7S. The molecule has 0 aliphatic carbocycles. The second-order valence-corrected chi connectivity index (χ2v) is 9.69. The van der Waals surface area contributed by atoms with E-state index in [2.05, 4.69) is 0 Å². The molecule has 0 amide bonds. The van der Waals surface area contributed by atoms with Crippen LogP contribution in [0, 0.1) is 0 Å². The Morgan fingerprint density at radius 2 is 1.76 bits per heavy atom. The van der Waals surface area contributed by atoms with Gasteiger partial charge in [0.25, 0.3) is 10.1 Å². The van der Waals surface area contributed by atoms with Gasteiger partial charge >= 0.3 is 5.97 Å². The summed E-state index contributed by atoms with van der Waals surface area (Å²) in [5, 5.41) is 0. The first-order chi connectivity index (χ1) is 13.2. The molecule has 8 nitrogen and oxygen atoms in total. The van der Waals surface area contributed by atoms with Crippen molar-refractivity contribution in [1.29, 1.82) is 0 Å². The molecule has 1 aromatic carbocycles. The topological polar surface area (TPSA) is 125 Å². The van der Waals surface area contributed by atoms with E-state index in [-0.39, 0.29) is 29.5 Å². The predicted octanol–water partition coefficient (Wildman–Crippen LogP) is 2.91. The lowest BCUT2D eigenvalue weighted by molar-refractivity contribution is -0.300. The molecule has 1 heterocycles. The maximum absolute atomic E-state index is 11.8. The quantitative estimate of drug-likeness (QED) is 0.538. The highest BCUT2D eigenvalue weighted by Crippen LogP contribution is 2.30. The fourth-order valence-electron chi connectivity index (χ4n) is 2.87. The Morgan fingerprint density at radius 1 is 1.21 bits per heavy atom. The van der Waals surface area contributed by atoms with Crippen molar-refractivity contribution in [3.05, 3.63) is 30.3 Å². The molecule has 0 unspecified atom stereocenters. The SMILES string of the molecule is CC(C)(C)OC(=O)C[C@H]1C[C@@H](CCN)OC(C)(C)O1.O=S(=O)(O)c1ccccc1. The van der Waals surface area contributed by atoms with Gasteiger partial charge in [0.1, 0.15) is 5.60 Å². The standard InChI is InChI=1S/C14H27NO4.C6H6O3S/c1-13(2,3)19-12(16)9-11-8-10(6-7-15)17-14(4,5)18-11;7-10(8,9)6-4-2-1-3-5-6/h10-11H,6-9,15H2,1-5H3;1-5H,(H,7,8,9)/t10-,11-;/m1./s1. The summed E-state index contributed by atoms with van der Waals surface area (Å²) in [6, 6.07) is 7.42. The summed E-state index contributed by atoms with van der Waals surface area (Å²) >= 11 is 0. The minimum Gasteiger partial charge on any atom is -0.460 e. The summed E-state index contributed by atoms with van der Waals surface area (Å²) in [7, 11) is -4.00. The minimum absolute atomic E-state index is 0.0428. The van der Waals surface area contributed by atoms with Gasteiger partial charge < -0.3 is 19.9 Å². The molecule has 1 aliphatic rings. The molecule has 2 atom stereocenters. The van der Waals surface area contributed by atoms with Crippen molar-refractivity contribution < 1.29 is 32.0 Å². The average Bonchev–Trinajstić information content (AvgIpc) is 2.52. The van der Waals surface area contributed by atoms with E-state index < -0.39 is 21.5 Å². The van der Waals surface area contributed by atoms with Crippen LogP contribution in [0.1, 0.15) is 53.9 Å². The molecule has 0 radical (unpaired) electrons. The van der Waals surface area contributed by atoms with Gasteiger partial charge in [0.05, 0.1) is 23.5 Å². The molecule has 1 fully saturated rings. The van der Waals surface area contributed by atoms with Gasteiger partial charge in [0, 0.05) is 6.42 Å². The van der Waals surface area contributed by atoms with E-state index in [1.54, 1.807) is 18.2 Å². The van der Waals surface area contributed by atoms with E-state index in [0.717, 1.165) is 6.42 Å². The molecule has 0 aromatic heterocycles. The van der Waals surface area contributed by atoms with Gasteiger partial charge in [-0.05, 0) is 59.7 Å². The second kappa shape index (κ2) is 10.5. The predicted molar refractivity (Wildman–Crippen MR) is 109 cm³/mol. The number of rotatable bonds is 5. The van der Waals surface area contributed by atoms with Crippen LogP contribution in [0.2, 0.25) is 0 Å². The highest BCUT2D eigenvalue weighted by atomic mass is 32.2. The monoisotopic (exact) mass is 431 g/mol. The van der Waals surface area contributed by atoms with Gasteiger partial charge in [-0.15, -0.1) is 0 Å². The Morgan fingerprint density at radius 3 is 2.21 bits per heavy atom. The number of carbonyl (C=O) groups excluding carboxylic acids is 1. The van der Waals surface area contributed by atoms with Crippen LogP contribution in [-0.4, -0.2) is 49.1 Å². The van der Waals surface area contributed by atoms with Crippen LogP contribution < -0.4 is 5.73 Å². The zero-order valence-corrected chi connectivity index (χ0v) is 18.6. The summed E-state index contributed by atoms with van der Waals surface area (Å²) in [6.07, 6.45) is 1.58. The summed E-state index contributed by atoms with van der Waals surface area (Å²) in [5.74, 6) is -0.910. The number of benzene rings is 1. The Bertz CT molecular complexity index is 742. The highest BCUT2D eigenvalue weighted by Gasteiger charge is 2.36. The third-order valence-electron chi connectivity index (χ3n) is 3.77. The van der Waals surface area contributed by atoms with Gasteiger partial charge in [-0.1, -0.05) is 18.2 Å². The molecule has 166 valence electrons. The third-order valence-corrected chi connectivity index (χ3v) is 4.64. The molecular weight excluding hydrogens is 398 g/mol. The molecule has 1 aliphatic heterocycles. The summed E-state index contributed by atoms with van der Waals surface area (Å²) < 4.78 is 46.1. The van der Waals surface area contributed by atoms with Crippen LogP contribution in [0.25, 0.3) is 0 Å². The lowest BCUT2D eigenvalue weighted by atomic mass is 10.0. The number of esters is 1. The van der Waals surface area contributed by atoms with E-state index in [4.69, 9.17) is 24.5 Å². The van der Waals surface area contributed by atoms with Gasteiger partial charge in [0.2, 0.25) is 0 Å². The van der Waals surface area contributed by atoms with Crippen molar-refractivity contribution in [2.24, 2.45) is 5.73 Å². The maximum atomic E-state index is 11.8. The number of carbonyl (C=O) groups is 1. The van der Waals surface area contributed by atoms with Crippen molar-refractivity contribution in [1.82, 2.24) is 0 Å². The van der Waals surface area contributed by atoms with Crippen molar-refractivity contribution in [3.8, 4) is 0 Å². The molecule has 2 rings (SSSR count). The first-order valence-corrected chi connectivity index (χ1v) is 11.0. The Kier molecular flexibility index (Phi) is 9.23. The largest absolute Gasteiger partial charge is 0.460 e. The number of ether oxygens (including phenoxy) is 3. The first-order valence-electron chi connectivity index (χ1n) is 9.52. The molecule has 9 heteroatoms. The summed E-state index contributed by atoms with van der Waals surface area (Å²) in [4.78, 5) is 11.8. The zero-order valence-electron chi connectivity index (χ0n) is 17.8. The number of hydrogen-bond donors (Lipinski definition) is 2. The van der Waals surface area contributed by atoms with Crippen molar-refractivity contribution in [3.63, 3.8) is 0 Å². The van der Waals surface area contributed by atoms with Gasteiger partial charge in [-0.2, -0.15) is 8.42 Å². The van der Waals surface area contributed by atoms with E-state index in [9.17, 15) is 13.2 Å². The Balaban J connectivity index is 0.000000352. The van der Waals surface area contributed by atoms with Gasteiger partial charge in [-0.25, -0.2) is 0 Å². The van der Waals surface area contributed by atoms with Crippen molar-refractivity contribution >= 4 is 16.1 Å². The van der Waals surface area contributed by atoms with Gasteiger partial charge in [0.15, 0.2) is 5.79 Å². The lowest BCUT2D eigenvalue weighted by Gasteiger charge is -2.40. The Hall–Kier alpha value is -1.52. The fourth-order valence-corrected chi connectivity index (χ4v) is 3.37. The van der Waals surface area contributed by atoms with E-state index in [1.807, 2.05) is 34.6 Å². The third kappa shape index (κ3) is 10.7. The van der Waals surface area contributed by atoms with Crippen LogP contribution in [0.5, 0.6) is 0 Å². The lowest BCUT2D eigenvalue weighted by Crippen LogP contribution is -2.46. The van der Waals surface area contributed by atoms with Crippen LogP contribution >= 0.6 is 0 Å². The highest BCUT2D eigenvalue weighted by molar-refractivity contribution is 7.85. The number of hydrogen-bond acceptors (Lipinski definition) is 7. The molecule has 1 saturated heterocycles. The molecule has 0 spiro atoms. The zero-order chi connectivity index (χ0) is 22.3. The maximum Gasteiger partial charge on any atom is 0.308 e. The van der Waals surface area contributed by atoms with Crippen LogP contribution in [0.4, 0.5) is 0 Å². The van der Waals surface area contributed by atoms with Crippen LogP contribution in [0.15, 0.2) is 35.2 Å². The van der Waals surface area contributed by atoms with Crippen LogP contribution in [-0.2, 0) is 29.1 Å². The fraction of sp³-hybridized carbons (Fsp3) is 0.650. The summed E-state index contributed by atoms with van der Waals surface area (Å²) in [6.45, 7) is 9.86. The molecule has 0 bridgehead atoms. The summed E-state index contributed by atoms with van der Waals surface area (Å²) in [5.41, 5.74) is 5.10. The van der Waals surface area contributed by atoms with E-state index >= 15 is 0 Å². The van der Waals surface area contributed by atoms with Crippen molar-refractivity contribution in [2.45, 2.75) is 82.4 Å². The minimum atomic E-state index is -4.00. The van der Waals surface area contributed by atoms with E-state index in [0.29, 0.717) is 13.0 Å². The van der Waals surface area contributed by atoms with E-state index in [1.165, 1.54) is 12.1 Å². The number of nitrogens with two attached hydrogens (primary N) is 1. The second-order valence-electron chi connectivity index (χ2n) is 8.27. The smallest absolute Gasteiger partial charge is 0.308 e. The molecule has 29 heavy (non-hydrogen) atoms. The average molecular weight is 432 g/mol.